The van der Waals surface area contributed by atoms with E-state index in [1.807, 2.05) is 60.9 Å². The van der Waals surface area contributed by atoms with Gasteiger partial charge < -0.3 is 4.72 Å². The third kappa shape index (κ3) is 4.17. The van der Waals surface area contributed by atoms with Gasteiger partial charge in [0.25, 0.3) is 0 Å². The van der Waals surface area contributed by atoms with Gasteiger partial charge in [-0.25, -0.2) is 0 Å². The maximum absolute atomic E-state index is 6.35. The fourth-order valence-corrected chi connectivity index (χ4v) is 4.16. The highest BCUT2D eigenvalue weighted by atomic mass is 35.5. The lowest BCUT2D eigenvalue weighted by molar-refractivity contribution is 1.33. The van der Waals surface area contributed by atoms with Crippen molar-refractivity contribution in [2.45, 2.75) is 4.90 Å². The van der Waals surface area contributed by atoms with Crippen LogP contribution >= 0.6 is 35.1 Å². The van der Waals surface area contributed by atoms with Crippen molar-refractivity contribution in [2.24, 2.45) is 0 Å². The minimum absolute atomic E-state index is 0.613. The summed E-state index contributed by atoms with van der Waals surface area (Å²) in [6.07, 6.45) is 3.77. The first-order valence-electron chi connectivity index (χ1n) is 8.69. The minimum Gasteiger partial charge on any atom is -0.324 e. The van der Waals surface area contributed by atoms with E-state index < -0.39 is 0 Å². The second-order valence-electron chi connectivity index (χ2n) is 6.12. The Morgan fingerprint density at radius 2 is 1.29 bits per heavy atom. The molecule has 1 N–H and O–H groups in total. The molecule has 3 aromatic carbocycles. The van der Waals surface area contributed by atoms with Gasteiger partial charge >= 0.3 is 0 Å². The zero-order valence-corrected chi connectivity index (χ0v) is 17.1. The van der Waals surface area contributed by atoms with Crippen molar-refractivity contribution in [3.8, 4) is 22.3 Å². The zero-order chi connectivity index (χ0) is 19.3. The average molecular weight is 423 g/mol. The summed E-state index contributed by atoms with van der Waals surface area (Å²) < 4.78 is 3.50. The van der Waals surface area contributed by atoms with Crippen molar-refractivity contribution in [1.82, 2.24) is 4.98 Å². The van der Waals surface area contributed by atoms with Crippen LogP contribution in [0.15, 0.2) is 96.2 Å². The van der Waals surface area contributed by atoms with Gasteiger partial charge in [-0.1, -0.05) is 83.9 Å². The Balaban J connectivity index is 1.78. The first kappa shape index (κ1) is 18.9. The van der Waals surface area contributed by atoms with Crippen LogP contribution in [0.5, 0.6) is 0 Å². The summed E-state index contributed by atoms with van der Waals surface area (Å²) in [4.78, 5) is 5.39. The van der Waals surface area contributed by atoms with Gasteiger partial charge in [-0.2, -0.15) is 0 Å². The Morgan fingerprint density at radius 1 is 0.714 bits per heavy atom. The molecule has 0 aliphatic carbocycles. The molecule has 4 rings (SSSR count). The van der Waals surface area contributed by atoms with Gasteiger partial charge in [-0.05, 0) is 41.3 Å². The summed E-state index contributed by atoms with van der Waals surface area (Å²) >= 11 is 13.8. The van der Waals surface area contributed by atoms with E-state index in [9.17, 15) is 0 Å². The Bertz CT molecular complexity index is 1030. The summed E-state index contributed by atoms with van der Waals surface area (Å²) in [6, 6.07) is 25.9. The number of halogens is 2. The number of pyridine rings is 1. The van der Waals surface area contributed by atoms with Crippen LogP contribution < -0.4 is 4.72 Å². The molecule has 4 aromatic rings. The van der Waals surface area contributed by atoms with E-state index in [1.165, 1.54) is 11.9 Å². The van der Waals surface area contributed by atoms with Gasteiger partial charge in [0.15, 0.2) is 0 Å². The molecule has 2 nitrogen and oxygen atoms in total. The van der Waals surface area contributed by atoms with Gasteiger partial charge in [0.2, 0.25) is 0 Å². The molecule has 0 bridgehead atoms. The molecule has 0 spiro atoms. The van der Waals surface area contributed by atoms with Gasteiger partial charge in [0.1, 0.15) is 0 Å². The fraction of sp³-hybridized carbons (Fsp3) is 0. The third-order valence-corrected chi connectivity index (χ3v) is 5.81. The monoisotopic (exact) mass is 422 g/mol. The molecule has 1 heterocycles. The molecular formula is C23H16Cl2N2S. The summed E-state index contributed by atoms with van der Waals surface area (Å²) in [6.45, 7) is 0. The van der Waals surface area contributed by atoms with E-state index in [2.05, 4.69) is 34.0 Å². The van der Waals surface area contributed by atoms with Crippen molar-refractivity contribution in [1.29, 1.82) is 0 Å². The lowest BCUT2D eigenvalue weighted by Gasteiger charge is -2.16. The van der Waals surface area contributed by atoms with Crippen LogP contribution in [0, 0.1) is 0 Å². The third-order valence-electron chi connectivity index (χ3n) is 4.27. The van der Waals surface area contributed by atoms with E-state index in [4.69, 9.17) is 23.2 Å². The molecule has 1 aromatic heterocycles. The number of hydrogen-bond acceptors (Lipinski definition) is 3. The standard InChI is InChI=1S/C23H16Cl2N2S/c24-18-11-12-22(21(25)13-18)28-27-23-19(16-7-3-1-4-8-16)14-26-15-20(23)17-9-5-2-6-10-17/h1-15H,(H,26,27). The van der Waals surface area contributed by atoms with Crippen molar-refractivity contribution < 1.29 is 0 Å². The van der Waals surface area contributed by atoms with E-state index in [-0.39, 0.29) is 0 Å². The molecule has 138 valence electrons. The number of anilines is 1. The van der Waals surface area contributed by atoms with Crippen molar-refractivity contribution in [3.63, 3.8) is 0 Å². The molecule has 28 heavy (non-hydrogen) atoms. The molecule has 0 radical (unpaired) electrons. The van der Waals surface area contributed by atoms with E-state index in [0.29, 0.717) is 10.0 Å². The van der Waals surface area contributed by atoms with Gasteiger partial charge in [0, 0.05) is 33.4 Å². The number of hydrogen-bond donors (Lipinski definition) is 1. The van der Waals surface area contributed by atoms with E-state index >= 15 is 0 Å². The van der Waals surface area contributed by atoms with Crippen LogP contribution in [-0.2, 0) is 0 Å². The second-order valence-corrected chi connectivity index (χ2v) is 7.81. The molecular weight excluding hydrogens is 407 g/mol. The predicted molar refractivity (Wildman–Crippen MR) is 121 cm³/mol. The Labute approximate surface area is 178 Å². The Kier molecular flexibility index (Phi) is 5.87. The van der Waals surface area contributed by atoms with Crippen molar-refractivity contribution >= 4 is 40.8 Å². The average Bonchev–Trinajstić information content (AvgIpc) is 2.74. The number of aromatic nitrogens is 1. The molecule has 0 fully saturated rings. The molecule has 0 saturated carbocycles. The van der Waals surface area contributed by atoms with E-state index in [1.54, 1.807) is 6.07 Å². The van der Waals surface area contributed by atoms with Crippen molar-refractivity contribution in [2.75, 3.05) is 4.72 Å². The van der Waals surface area contributed by atoms with Gasteiger partial charge in [-0.3, -0.25) is 4.98 Å². The lowest BCUT2D eigenvalue weighted by Crippen LogP contribution is -1.96. The first-order valence-corrected chi connectivity index (χ1v) is 10.3. The van der Waals surface area contributed by atoms with E-state index in [0.717, 1.165) is 32.8 Å². The van der Waals surface area contributed by atoms with Crippen LogP contribution in [-0.4, -0.2) is 4.98 Å². The number of rotatable bonds is 5. The molecule has 0 aliphatic rings. The van der Waals surface area contributed by atoms with Crippen molar-refractivity contribution in [3.05, 3.63) is 101 Å². The molecule has 0 unspecified atom stereocenters. The van der Waals surface area contributed by atoms with Crippen LogP contribution in [0.25, 0.3) is 22.3 Å². The summed E-state index contributed by atoms with van der Waals surface area (Å²) in [5.74, 6) is 0. The van der Waals surface area contributed by atoms with Crippen LogP contribution in [0.1, 0.15) is 0 Å². The molecule has 0 aliphatic heterocycles. The largest absolute Gasteiger partial charge is 0.324 e. The van der Waals surface area contributed by atoms with Gasteiger partial charge in [0.05, 0.1) is 10.7 Å². The van der Waals surface area contributed by atoms with Crippen LogP contribution in [0.4, 0.5) is 5.69 Å². The number of nitrogens with zero attached hydrogens (tertiary/aromatic N) is 1. The number of nitrogens with one attached hydrogen (secondary N) is 1. The highest BCUT2D eigenvalue weighted by Gasteiger charge is 2.14. The highest BCUT2D eigenvalue weighted by Crippen LogP contribution is 2.39. The fourth-order valence-electron chi connectivity index (χ4n) is 2.91. The first-order chi connectivity index (χ1) is 13.7. The molecule has 0 amide bonds. The second kappa shape index (κ2) is 8.70. The smallest absolute Gasteiger partial charge is 0.0632 e. The topological polar surface area (TPSA) is 24.9 Å². The SMILES string of the molecule is Clc1ccc(SNc2c(-c3ccccc3)cncc2-c2ccccc2)c(Cl)c1. The van der Waals surface area contributed by atoms with Crippen LogP contribution in [0.3, 0.4) is 0 Å². The summed E-state index contributed by atoms with van der Waals surface area (Å²) in [5.41, 5.74) is 5.23. The minimum atomic E-state index is 0.613. The summed E-state index contributed by atoms with van der Waals surface area (Å²) in [5, 5.41) is 1.23. The predicted octanol–water partition coefficient (Wildman–Crippen LogP) is 7.84. The highest BCUT2D eigenvalue weighted by molar-refractivity contribution is 8.00. The Hall–Kier alpha value is -2.46. The zero-order valence-electron chi connectivity index (χ0n) is 14.8. The molecule has 0 saturated heterocycles. The lowest BCUT2D eigenvalue weighted by atomic mass is 9.99. The van der Waals surface area contributed by atoms with Crippen LogP contribution in [0.2, 0.25) is 10.0 Å². The molecule has 0 atom stereocenters. The molecule has 5 heteroatoms. The normalized spacial score (nSPS) is 10.6. The maximum Gasteiger partial charge on any atom is 0.0632 e. The quantitative estimate of drug-likeness (QED) is 0.331. The summed E-state index contributed by atoms with van der Waals surface area (Å²) in [7, 11) is 0. The number of benzene rings is 3. The maximum atomic E-state index is 6.35. The Morgan fingerprint density at radius 3 is 1.82 bits per heavy atom. The van der Waals surface area contributed by atoms with Gasteiger partial charge in [-0.15, -0.1) is 0 Å².